The van der Waals surface area contributed by atoms with Crippen LogP contribution in [0.3, 0.4) is 0 Å². The highest BCUT2D eigenvalue weighted by Gasteiger charge is 2.74. The summed E-state index contributed by atoms with van der Waals surface area (Å²) in [5.41, 5.74) is 0.407. The minimum Gasteiger partial charge on any atom is -0.352 e. The maximum atomic E-state index is 9.28. The fourth-order valence-corrected chi connectivity index (χ4v) is 5.14. The van der Waals surface area contributed by atoms with Gasteiger partial charge in [0.2, 0.25) is 0 Å². The van der Waals surface area contributed by atoms with E-state index in [0.717, 1.165) is 0 Å². The Kier molecular flexibility index (Phi) is 2.14. The summed E-state index contributed by atoms with van der Waals surface area (Å²) < 4.78 is 6.23. The summed E-state index contributed by atoms with van der Waals surface area (Å²) in [7, 11) is 0. The highest BCUT2D eigenvalue weighted by atomic mass is 35.5. The lowest BCUT2D eigenvalue weighted by molar-refractivity contribution is -0.175. The molecule has 0 radical (unpaired) electrons. The van der Waals surface area contributed by atoms with E-state index in [4.69, 9.17) is 21.2 Å². The zero-order chi connectivity index (χ0) is 13.6. The molecule has 4 rings (SSSR count). The molecule has 4 aliphatic rings. The van der Waals surface area contributed by atoms with Crippen molar-refractivity contribution in [2.45, 2.75) is 56.9 Å². The van der Waals surface area contributed by atoms with Gasteiger partial charge in [-0.25, -0.2) is 0 Å². The van der Waals surface area contributed by atoms with Crippen LogP contribution in [-0.4, -0.2) is 34.9 Å². The van der Waals surface area contributed by atoms with Crippen LogP contribution >= 0.6 is 11.6 Å². The predicted octanol–water partition coefficient (Wildman–Crippen LogP) is 2.28. The summed E-state index contributed by atoms with van der Waals surface area (Å²) in [5.74, 6) is 0.560. The van der Waals surface area contributed by atoms with E-state index in [9.17, 15) is 5.26 Å². The lowest BCUT2D eigenvalue weighted by atomic mass is 9.70. The van der Waals surface area contributed by atoms with E-state index >= 15 is 0 Å². The second-order valence-corrected chi connectivity index (χ2v) is 7.97. The Labute approximate surface area is 118 Å². The molecule has 0 spiro atoms. The summed E-state index contributed by atoms with van der Waals surface area (Å²) in [4.78, 5) is 4.69. The van der Waals surface area contributed by atoms with Crippen molar-refractivity contribution in [2.75, 3.05) is 6.61 Å². The van der Waals surface area contributed by atoms with E-state index in [0.29, 0.717) is 5.92 Å². The van der Waals surface area contributed by atoms with Gasteiger partial charge in [-0.1, -0.05) is 32.4 Å². The first kappa shape index (κ1) is 12.4. The quantitative estimate of drug-likeness (QED) is 0.640. The van der Waals surface area contributed by atoms with Crippen molar-refractivity contribution in [3.8, 4) is 6.07 Å². The van der Waals surface area contributed by atoms with Crippen molar-refractivity contribution in [2.24, 2.45) is 16.7 Å². The van der Waals surface area contributed by atoms with Gasteiger partial charge in [-0.15, -0.1) is 0 Å². The number of fused-ring (bicyclic) bond motifs is 7. The summed E-state index contributed by atoms with van der Waals surface area (Å²) in [5, 5.41) is 11.2. The molecule has 4 nitrogen and oxygen atoms in total. The van der Waals surface area contributed by atoms with Gasteiger partial charge in [-0.05, 0) is 24.2 Å². The van der Waals surface area contributed by atoms with Crippen molar-refractivity contribution in [3.63, 3.8) is 0 Å². The molecule has 2 bridgehead atoms. The second-order valence-electron chi connectivity index (χ2n) is 7.29. The number of hydrogen-bond acceptors (Lipinski definition) is 4. The summed E-state index contributed by atoms with van der Waals surface area (Å²) in [6.45, 7) is 7.23. The Hall–Kier alpha value is -0.340. The summed E-state index contributed by atoms with van der Waals surface area (Å²) in [6, 6.07) is 2.42. The van der Waals surface area contributed by atoms with E-state index < -0.39 is 11.1 Å². The van der Waals surface area contributed by atoms with Gasteiger partial charge in [-0.3, -0.25) is 4.84 Å². The lowest BCUT2D eigenvalue weighted by Crippen LogP contribution is -2.42. The molecule has 0 aromatic heterocycles. The van der Waals surface area contributed by atoms with Crippen molar-refractivity contribution in [1.82, 2.24) is 5.06 Å². The van der Waals surface area contributed by atoms with Crippen molar-refractivity contribution >= 4 is 11.6 Å². The maximum absolute atomic E-state index is 9.28. The van der Waals surface area contributed by atoms with Crippen LogP contribution in [0.25, 0.3) is 0 Å². The number of alkyl halides is 1. The fourth-order valence-electron chi connectivity index (χ4n) is 4.94. The molecule has 0 aromatic carbocycles. The van der Waals surface area contributed by atoms with Gasteiger partial charge in [0.15, 0.2) is 11.1 Å². The Morgan fingerprint density at radius 1 is 1.37 bits per heavy atom. The molecule has 104 valence electrons. The zero-order valence-corrected chi connectivity index (χ0v) is 12.3. The first-order chi connectivity index (χ1) is 8.85. The van der Waals surface area contributed by atoms with Crippen LogP contribution < -0.4 is 0 Å². The Morgan fingerprint density at radius 2 is 2.11 bits per heavy atom. The standard InChI is InChI=1S/C14H19ClN2O2/c1-12(2)8-4-5-13(12,3)10-9(8)17-11(19-10)14(15,6-16)7-18-17/h8-11H,4-5,7H2,1-3H3/t8?,9?,10-,11?,13?,14?/m1/s1. The van der Waals surface area contributed by atoms with E-state index in [1.54, 1.807) is 0 Å². The number of halogens is 1. The molecular formula is C14H19ClN2O2. The van der Waals surface area contributed by atoms with Crippen LogP contribution in [0, 0.1) is 28.1 Å². The lowest BCUT2D eigenvalue weighted by Gasteiger charge is -2.38. The molecule has 0 aromatic rings. The van der Waals surface area contributed by atoms with E-state index in [1.807, 2.05) is 5.06 Å². The highest BCUT2D eigenvalue weighted by molar-refractivity contribution is 6.26. The highest BCUT2D eigenvalue weighted by Crippen LogP contribution is 2.70. The molecule has 6 atom stereocenters. The monoisotopic (exact) mass is 282 g/mol. The van der Waals surface area contributed by atoms with Crippen LogP contribution in [0.5, 0.6) is 0 Å². The molecule has 4 fully saturated rings. The molecule has 19 heavy (non-hydrogen) atoms. The molecule has 2 saturated carbocycles. The van der Waals surface area contributed by atoms with Crippen LogP contribution in [-0.2, 0) is 9.57 Å². The second kappa shape index (κ2) is 3.28. The largest absolute Gasteiger partial charge is 0.352 e. The van der Waals surface area contributed by atoms with Crippen LogP contribution in [0.2, 0.25) is 0 Å². The van der Waals surface area contributed by atoms with Gasteiger partial charge in [0.25, 0.3) is 0 Å². The van der Waals surface area contributed by atoms with Crippen LogP contribution in [0.15, 0.2) is 0 Å². The van der Waals surface area contributed by atoms with Crippen LogP contribution in [0.4, 0.5) is 0 Å². The first-order valence-electron chi connectivity index (χ1n) is 7.02. The van der Waals surface area contributed by atoms with Crippen molar-refractivity contribution in [1.29, 1.82) is 5.26 Å². The minimum atomic E-state index is -1.05. The fraction of sp³-hybridized carbons (Fsp3) is 0.929. The first-order valence-corrected chi connectivity index (χ1v) is 7.40. The molecule has 5 heteroatoms. The topological polar surface area (TPSA) is 45.5 Å². The molecule has 2 saturated heterocycles. The Morgan fingerprint density at radius 3 is 2.79 bits per heavy atom. The smallest absolute Gasteiger partial charge is 0.197 e. The van der Waals surface area contributed by atoms with Gasteiger partial charge < -0.3 is 4.74 Å². The third kappa shape index (κ3) is 1.14. The van der Waals surface area contributed by atoms with Gasteiger partial charge in [0.05, 0.1) is 18.2 Å². The van der Waals surface area contributed by atoms with Crippen molar-refractivity contribution < 1.29 is 9.57 Å². The van der Waals surface area contributed by atoms with Crippen LogP contribution in [0.1, 0.15) is 33.6 Å². The molecule has 2 aliphatic heterocycles. The summed E-state index contributed by atoms with van der Waals surface area (Å²) >= 11 is 6.35. The third-order valence-electron chi connectivity index (χ3n) is 6.53. The summed E-state index contributed by atoms with van der Waals surface area (Å²) in [6.07, 6.45) is 2.12. The van der Waals surface area contributed by atoms with Crippen molar-refractivity contribution in [3.05, 3.63) is 0 Å². The molecule has 2 heterocycles. The van der Waals surface area contributed by atoms with E-state index in [2.05, 4.69) is 26.8 Å². The predicted molar refractivity (Wildman–Crippen MR) is 69.0 cm³/mol. The molecular weight excluding hydrogens is 264 g/mol. The SMILES string of the molecule is CC1(C)C2CCC1(C)[C@@H]1OC3N(OCC3(Cl)C#N)C21. The molecule has 0 N–H and O–H groups in total. The van der Waals surface area contributed by atoms with E-state index in [1.165, 1.54) is 12.8 Å². The third-order valence-corrected chi connectivity index (χ3v) is 6.91. The molecule has 5 unspecified atom stereocenters. The number of hydroxylamine groups is 2. The average Bonchev–Trinajstić information content (AvgIpc) is 2.99. The Balaban J connectivity index is 1.75. The van der Waals surface area contributed by atoms with E-state index in [-0.39, 0.29) is 29.6 Å². The normalized spacial score (nSPS) is 58.1. The van der Waals surface area contributed by atoms with Gasteiger partial charge in [0.1, 0.15) is 6.61 Å². The Bertz CT molecular complexity index is 490. The molecule has 0 amide bonds. The molecule has 2 aliphatic carbocycles. The van der Waals surface area contributed by atoms with Gasteiger partial charge >= 0.3 is 0 Å². The number of nitriles is 1. The zero-order valence-electron chi connectivity index (χ0n) is 11.5. The number of rotatable bonds is 0. The van der Waals surface area contributed by atoms with Gasteiger partial charge in [-0.2, -0.15) is 10.3 Å². The average molecular weight is 283 g/mol. The maximum Gasteiger partial charge on any atom is 0.197 e. The number of hydrogen-bond donors (Lipinski definition) is 0. The number of ether oxygens (including phenoxy) is 1. The minimum absolute atomic E-state index is 0.137. The van der Waals surface area contributed by atoms with Gasteiger partial charge in [0, 0.05) is 5.41 Å². The number of nitrogens with zero attached hydrogens (tertiary/aromatic N) is 2.